The van der Waals surface area contributed by atoms with Crippen molar-refractivity contribution in [2.75, 3.05) is 12.4 Å². The molecule has 0 aliphatic heterocycles. The molecule has 2 aromatic rings. The Morgan fingerprint density at radius 3 is 2.87 bits per heavy atom. The van der Waals surface area contributed by atoms with Crippen LogP contribution in [0.3, 0.4) is 0 Å². The minimum Gasteiger partial charge on any atom is -0.388 e. The van der Waals surface area contributed by atoms with E-state index in [-0.39, 0.29) is 5.96 Å². The van der Waals surface area contributed by atoms with Crippen molar-refractivity contribution < 1.29 is 0 Å². The number of benzene rings is 1. The van der Waals surface area contributed by atoms with Crippen LogP contribution >= 0.6 is 0 Å². The van der Waals surface area contributed by atoms with Crippen LogP contribution in [0.5, 0.6) is 0 Å². The Hall–Kier alpha value is -3.53. The fourth-order valence-corrected chi connectivity index (χ4v) is 2.02. The van der Waals surface area contributed by atoms with Crippen LogP contribution in [0.1, 0.15) is 11.3 Å². The number of nitrogens with two attached hydrogens (primary N) is 2. The lowest BCUT2D eigenvalue weighted by Crippen LogP contribution is -2.21. The number of hydrogen-bond donors (Lipinski definition) is 3. The highest BCUT2D eigenvalue weighted by Crippen LogP contribution is 2.21. The first-order valence-electron chi connectivity index (χ1n) is 6.84. The lowest BCUT2D eigenvalue weighted by Gasteiger charge is -2.10. The Labute approximate surface area is 134 Å². The molecule has 0 bridgehead atoms. The number of nitriles is 1. The maximum atomic E-state index is 9.36. The number of hydrogen-bond acceptors (Lipinski definition) is 4. The number of rotatable bonds is 5. The summed E-state index contributed by atoms with van der Waals surface area (Å²) >= 11 is 0. The summed E-state index contributed by atoms with van der Waals surface area (Å²) in [6.45, 7) is 0. The zero-order valence-electron chi connectivity index (χ0n) is 12.6. The topological polar surface area (TPSA) is 118 Å². The summed E-state index contributed by atoms with van der Waals surface area (Å²) < 4.78 is 1.92. The Kier molecular flexibility index (Phi) is 5.15. The Morgan fingerprint density at radius 2 is 2.17 bits per heavy atom. The molecule has 116 valence electrons. The molecule has 7 nitrogen and oxygen atoms in total. The summed E-state index contributed by atoms with van der Waals surface area (Å²) in [4.78, 5) is 0. The van der Waals surface area contributed by atoms with Crippen molar-refractivity contribution in [3.8, 4) is 11.8 Å². The van der Waals surface area contributed by atoms with E-state index >= 15 is 0 Å². The van der Waals surface area contributed by atoms with Crippen LogP contribution in [0.15, 0.2) is 52.8 Å². The molecule has 0 fully saturated rings. The molecule has 0 aliphatic carbocycles. The van der Waals surface area contributed by atoms with Gasteiger partial charge in [-0.2, -0.15) is 10.4 Å². The van der Waals surface area contributed by atoms with E-state index in [1.165, 1.54) is 6.21 Å². The zero-order valence-corrected chi connectivity index (χ0v) is 12.6. The quantitative estimate of drug-likeness (QED) is 0.442. The maximum Gasteiger partial charge on any atom is 0.211 e. The molecule has 0 radical (unpaired) electrons. The monoisotopic (exact) mass is 307 g/mol. The van der Waals surface area contributed by atoms with Gasteiger partial charge in [-0.25, -0.2) is 0 Å². The van der Waals surface area contributed by atoms with E-state index in [9.17, 15) is 5.26 Å². The van der Waals surface area contributed by atoms with Crippen molar-refractivity contribution in [1.82, 2.24) is 4.57 Å². The summed E-state index contributed by atoms with van der Waals surface area (Å²) in [6.07, 6.45) is 6.93. The Morgan fingerprint density at radius 1 is 1.35 bits per heavy atom. The van der Waals surface area contributed by atoms with Crippen LogP contribution in [0.2, 0.25) is 0 Å². The molecule has 7 heteroatoms. The molecule has 0 saturated carbocycles. The van der Waals surface area contributed by atoms with Crippen LogP contribution in [0.25, 0.3) is 11.8 Å². The summed E-state index contributed by atoms with van der Waals surface area (Å²) in [5, 5.41) is 19.6. The number of allylic oxidation sites excluding steroid dienone is 1. The van der Waals surface area contributed by atoms with Crippen molar-refractivity contribution in [2.45, 2.75) is 0 Å². The number of aromatic nitrogens is 1. The third kappa shape index (κ3) is 3.98. The maximum absolute atomic E-state index is 9.36. The van der Waals surface area contributed by atoms with Crippen LogP contribution in [0.4, 0.5) is 5.69 Å². The molecule has 0 unspecified atom stereocenters. The molecular formula is C16H17N7. The molecule has 23 heavy (non-hydrogen) atoms. The molecule has 0 saturated heterocycles. The summed E-state index contributed by atoms with van der Waals surface area (Å²) in [7, 11) is 1.82. The molecule has 1 aromatic carbocycles. The second-order valence-electron chi connectivity index (χ2n) is 4.55. The first-order valence-corrected chi connectivity index (χ1v) is 6.84. The second-order valence-corrected chi connectivity index (χ2v) is 4.55. The standard InChI is InChI=1S/C16H17N7/c1-20-13-6-7-15(12(10-13)11-17)23-9-3-5-14(23)4-2-8-21-22-16(18)19/h2-10,20H,1H3,(H4,18,19,22)/b4-2+,21-8+. The van der Waals surface area contributed by atoms with Crippen molar-refractivity contribution in [2.24, 2.45) is 21.7 Å². The van der Waals surface area contributed by atoms with Gasteiger partial charge in [-0.1, -0.05) is 0 Å². The van der Waals surface area contributed by atoms with Gasteiger partial charge < -0.3 is 21.4 Å². The van der Waals surface area contributed by atoms with E-state index in [1.54, 1.807) is 6.08 Å². The minimum absolute atomic E-state index is 0.0960. The van der Waals surface area contributed by atoms with Crippen molar-refractivity contribution in [3.63, 3.8) is 0 Å². The van der Waals surface area contributed by atoms with Crippen molar-refractivity contribution in [1.29, 1.82) is 5.26 Å². The number of nitrogens with zero attached hydrogens (tertiary/aromatic N) is 4. The molecule has 1 heterocycles. The predicted octanol–water partition coefficient (Wildman–Crippen LogP) is 1.66. The SMILES string of the molecule is CNc1ccc(-n2cccc2/C=C/C=N/N=C(N)N)c(C#N)c1. The van der Waals surface area contributed by atoms with Gasteiger partial charge in [0, 0.05) is 30.8 Å². The van der Waals surface area contributed by atoms with Gasteiger partial charge in [0.05, 0.1) is 11.3 Å². The summed E-state index contributed by atoms with van der Waals surface area (Å²) in [5.41, 5.74) is 13.5. The Balaban J connectivity index is 2.32. The van der Waals surface area contributed by atoms with Gasteiger partial charge >= 0.3 is 0 Å². The van der Waals surface area contributed by atoms with Gasteiger partial charge in [-0.3, -0.25) is 0 Å². The van der Waals surface area contributed by atoms with Gasteiger partial charge in [0.1, 0.15) is 6.07 Å². The average molecular weight is 307 g/mol. The van der Waals surface area contributed by atoms with Crippen LogP contribution in [-0.4, -0.2) is 23.8 Å². The smallest absolute Gasteiger partial charge is 0.211 e. The lowest BCUT2D eigenvalue weighted by molar-refractivity contribution is 1.06. The fraction of sp³-hybridized carbons (Fsp3) is 0.0625. The molecular weight excluding hydrogens is 290 g/mol. The number of nitrogens with one attached hydrogen (secondary N) is 1. The molecule has 1 aromatic heterocycles. The first-order chi connectivity index (χ1) is 11.2. The average Bonchev–Trinajstić information content (AvgIpc) is 3.01. The Bertz CT molecular complexity index is 802. The highest BCUT2D eigenvalue weighted by atomic mass is 15.3. The van der Waals surface area contributed by atoms with Gasteiger partial charge in [-0.15, -0.1) is 5.10 Å². The number of guanidine groups is 1. The molecule has 0 spiro atoms. The van der Waals surface area contributed by atoms with Crippen LogP contribution in [-0.2, 0) is 0 Å². The lowest BCUT2D eigenvalue weighted by atomic mass is 10.1. The second kappa shape index (κ2) is 7.47. The molecule has 0 amide bonds. The fourth-order valence-electron chi connectivity index (χ4n) is 2.02. The van der Waals surface area contributed by atoms with E-state index in [2.05, 4.69) is 21.6 Å². The molecule has 0 aliphatic rings. The van der Waals surface area contributed by atoms with E-state index in [0.29, 0.717) is 5.56 Å². The van der Waals surface area contributed by atoms with Crippen LogP contribution < -0.4 is 16.8 Å². The summed E-state index contributed by atoms with van der Waals surface area (Å²) in [6, 6.07) is 11.7. The minimum atomic E-state index is -0.0960. The van der Waals surface area contributed by atoms with E-state index in [0.717, 1.165) is 17.1 Å². The normalized spacial score (nSPS) is 10.8. The van der Waals surface area contributed by atoms with E-state index in [1.807, 2.05) is 54.2 Å². The van der Waals surface area contributed by atoms with E-state index < -0.39 is 0 Å². The first kappa shape index (κ1) is 15.9. The predicted molar refractivity (Wildman–Crippen MR) is 93.4 cm³/mol. The van der Waals surface area contributed by atoms with Gasteiger partial charge in [0.15, 0.2) is 0 Å². The van der Waals surface area contributed by atoms with E-state index in [4.69, 9.17) is 11.5 Å². The third-order valence-corrected chi connectivity index (χ3v) is 3.04. The van der Waals surface area contributed by atoms with Crippen molar-refractivity contribution in [3.05, 3.63) is 53.9 Å². The van der Waals surface area contributed by atoms with Gasteiger partial charge in [0.2, 0.25) is 5.96 Å². The third-order valence-electron chi connectivity index (χ3n) is 3.04. The van der Waals surface area contributed by atoms with Crippen LogP contribution in [0, 0.1) is 11.3 Å². The highest BCUT2D eigenvalue weighted by Gasteiger charge is 2.07. The largest absolute Gasteiger partial charge is 0.388 e. The zero-order chi connectivity index (χ0) is 16.7. The van der Waals surface area contributed by atoms with Gasteiger partial charge in [-0.05, 0) is 42.5 Å². The highest BCUT2D eigenvalue weighted by molar-refractivity contribution is 5.80. The molecule has 5 N–H and O–H groups in total. The summed E-state index contributed by atoms with van der Waals surface area (Å²) in [5.74, 6) is -0.0960. The van der Waals surface area contributed by atoms with Crippen molar-refractivity contribution >= 4 is 23.9 Å². The number of anilines is 1. The molecule has 0 atom stereocenters. The van der Waals surface area contributed by atoms with Gasteiger partial charge in [0.25, 0.3) is 0 Å². The molecule has 2 rings (SSSR count).